The molecule has 0 aliphatic rings. The van der Waals surface area contributed by atoms with Crippen molar-refractivity contribution in [3.63, 3.8) is 0 Å². The second-order valence-electron chi connectivity index (χ2n) is 6.00. The van der Waals surface area contributed by atoms with Gasteiger partial charge in [0.05, 0.1) is 11.3 Å². The number of halogens is 3. The SMILES string of the molecule is CN=C(NCCc1cn2ccccc2n1)NCc1cccc(C(F)(F)F)c1. The van der Waals surface area contributed by atoms with Gasteiger partial charge in [0.1, 0.15) is 5.65 Å². The molecule has 27 heavy (non-hydrogen) atoms. The van der Waals surface area contributed by atoms with Gasteiger partial charge in [0.2, 0.25) is 0 Å². The molecule has 1 aromatic carbocycles. The minimum absolute atomic E-state index is 0.248. The van der Waals surface area contributed by atoms with E-state index >= 15 is 0 Å². The zero-order valence-corrected chi connectivity index (χ0v) is 14.8. The van der Waals surface area contributed by atoms with Gasteiger partial charge in [-0.25, -0.2) is 4.98 Å². The van der Waals surface area contributed by atoms with Gasteiger partial charge in [0.15, 0.2) is 5.96 Å². The zero-order valence-electron chi connectivity index (χ0n) is 14.8. The van der Waals surface area contributed by atoms with E-state index in [1.807, 2.05) is 35.0 Å². The largest absolute Gasteiger partial charge is 0.416 e. The fourth-order valence-corrected chi connectivity index (χ4v) is 2.68. The number of fused-ring (bicyclic) bond motifs is 1. The molecule has 0 bridgehead atoms. The van der Waals surface area contributed by atoms with Crippen LogP contribution in [0, 0.1) is 0 Å². The fourth-order valence-electron chi connectivity index (χ4n) is 2.68. The van der Waals surface area contributed by atoms with Crippen LogP contribution in [0.25, 0.3) is 5.65 Å². The molecule has 0 fully saturated rings. The minimum Gasteiger partial charge on any atom is -0.356 e. The van der Waals surface area contributed by atoms with E-state index in [4.69, 9.17) is 0 Å². The van der Waals surface area contributed by atoms with Crippen LogP contribution >= 0.6 is 0 Å². The number of alkyl halides is 3. The number of nitrogens with one attached hydrogen (secondary N) is 2. The quantitative estimate of drug-likeness (QED) is 0.532. The summed E-state index contributed by atoms with van der Waals surface area (Å²) in [4.78, 5) is 8.61. The molecule has 142 valence electrons. The summed E-state index contributed by atoms with van der Waals surface area (Å²) in [6, 6.07) is 11.1. The molecule has 0 saturated carbocycles. The van der Waals surface area contributed by atoms with E-state index < -0.39 is 11.7 Å². The van der Waals surface area contributed by atoms with Crippen molar-refractivity contribution in [3.8, 4) is 0 Å². The molecule has 0 aliphatic carbocycles. The molecule has 2 heterocycles. The normalized spacial score (nSPS) is 12.4. The number of imidazole rings is 1. The van der Waals surface area contributed by atoms with E-state index in [2.05, 4.69) is 20.6 Å². The van der Waals surface area contributed by atoms with Crippen LogP contribution in [0.1, 0.15) is 16.8 Å². The fraction of sp³-hybridized carbons (Fsp3) is 0.263. The number of benzene rings is 1. The number of aromatic nitrogens is 2. The van der Waals surface area contributed by atoms with Crippen molar-refractivity contribution in [1.29, 1.82) is 0 Å². The van der Waals surface area contributed by atoms with Gasteiger partial charge in [0, 0.05) is 39.0 Å². The smallest absolute Gasteiger partial charge is 0.356 e. The lowest BCUT2D eigenvalue weighted by Crippen LogP contribution is -2.37. The third kappa shape index (κ3) is 4.99. The standard InChI is InChI=1S/C19H20F3N5/c1-23-18(25-12-14-5-4-6-15(11-14)19(20,21)22)24-9-8-16-13-27-10-3-2-7-17(27)26-16/h2-7,10-11,13H,8-9,12H2,1H3,(H2,23,24,25). The topological polar surface area (TPSA) is 53.7 Å². The van der Waals surface area contributed by atoms with E-state index in [0.29, 0.717) is 24.5 Å². The molecule has 0 saturated heterocycles. The van der Waals surface area contributed by atoms with Gasteiger partial charge in [-0.1, -0.05) is 18.2 Å². The Bertz CT molecular complexity index is 897. The lowest BCUT2D eigenvalue weighted by molar-refractivity contribution is -0.137. The van der Waals surface area contributed by atoms with Gasteiger partial charge in [-0.15, -0.1) is 0 Å². The summed E-state index contributed by atoms with van der Waals surface area (Å²) >= 11 is 0. The number of hydrogen-bond acceptors (Lipinski definition) is 2. The number of aliphatic imine (C=N–C) groups is 1. The Labute approximate surface area is 155 Å². The van der Waals surface area contributed by atoms with Crippen LogP contribution in [-0.2, 0) is 19.1 Å². The summed E-state index contributed by atoms with van der Waals surface area (Å²) in [6.07, 6.45) is 0.265. The van der Waals surface area contributed by atoms with E-state index in [0.717, 1.165) is 23.5 Å². The molecule has 0 spiro atoms. The van der Waals surface area contributed by atoms with E-state index in [1.165, 1.54) is 6.07 Å². The second-order valence-corrected chi connectivity index (χ2v) is 6.00. The Morgan fingerprint density at radius 3 is 2.74 bits per heavy atom. The van der Waals surface area contributed by atoms with Crippen LogP contribution in [0.2, 0.25) is 0 Å². The molecule has 2 aromatic heterocycles. The molecule has 3 rings (SSSR count). The van der Waals surface area contributed by atoms with Gasteiger partial charge in [-0.2, -0.15) is 13.2 Å². The lowest BCUT2D eigenvalue weighted by Gasteiger charge is -2.13. The Balaban J connectivity index is 1.51. The summed E-state index contributed by atoms with van der Waals surface area (Å²) in [5.41, 5.74) is 1.71. The Kier molecular flexibility index (Phi) is 5.63. The lowest BCUT2D eigenvalue weighted by atomic mass is 10.1. The van der Waals surface area contributed by atoms with E-state index in [-0.39, 0.29) is 6.54 Å². The maximum Gasteiger partial charge on any atom is 0.416 e. The summed E-state index contributed by atoms with van der Waals surface area (Å²) in [5, 5.41) is 6.17. The predicted molar refractivity (Wildman–Crippen MR) is 98.5 cm³/mol. The summed E-state index contributed by atoms with van der Waals surface area (Å²) in [6.45, 7) is 0.851. The zero-order chi connectivity index (χ0) is 19.3. The van der Waals surface area contributed by atoms with Crippen LogP contribution in [-0.4, -0.2) is 28.9 Å². The first-order chi connectivity index (χ1) is 13.0. The third-order valence-corrected chi connectivity index (χ3v) is 4.03. The minimum atomic E-state index is -4.34. The van der Waals surface area contributed by atoms with Crippen LogP contribution < -0.4 is 10.6 Å². The Morgan fingerprint density at radius 1 is 1.15 bits per heavy atom. The molecule has 3 aromatic rings. The first-order valence-electron chi connectivity index (χ1n) is 8.49. The van der Waals surface area contributed by atoms with Crippen LogP contribution in [0.5, 0.6) is 0 Å². The molecule has 0 atom stereocenters. The average Bonchev–Trinajstić information content (AvgIpc) is 3.07. The van der Waals surface area contributed by atoms with Crippen molar-refractivity contribution in [2.45, 2.75) is 19.1 Å². The van der Waals surface area contributed by atoms with Gasteiger partial charge in [0.25, 0.3) is 0 Å². The van der Waals surface area contributed by atoms with Gasteiger partial charge >= 0.3 is 6.18 Å². The number of pyridine rings is 1. The summed E-state index contributed by atoms with van der Waals surface area (Å²) in [5.74, 6) is 0.524. The Morgan fingerprint density at radius 2 is 2.00 bits per heavy atom. The van der Waals surface area contributed by atoms with E-state index in [9.17, 15) is 13.2 Å². The van der Waals surface area contributed by atoms with Crippen molar-refractivity contribution in [1.82, 2.24) is 20.0 Å². The molecule has 0 unspecified atom stereocenters. The molecule has 5 nitrogen and oxygen atoms in total. The number of nitrogens with zero attached hydrogens (tertiary/aromatic N) is 3. The van der Waals surface area contributed by atoms with Crippen molar-refractivity contribution in [2.75, 3.05) is 13.6 Å². The van der Waals surface area contributed by atoms with Crippen molar-refractivity contribution < 1.29 is 13.2 Å². The molecule has 8 heteroatoms. The predicted octanol–water partition coefficient (Wildman–Crippen LogP) is 3.26. The summed E-state index contributed by atoms with van der Waals surface area (Å²) < 4.78 is 40.3. The maximum absolute atomic E-state index is 12.8. The molecular weight excluding hydrogens is 355 g/mol. The van der Waals surface area contributed by atoms with Gasteiger partial charge in [-0.05, 0) is 29.8 Å². The highest BCUT2D eigenvalue weighted by atomic mass is 19.4. The maximum atomic E-state index is 12.8. The summed E-state index contributed by atoms with van der Waals surface area (Å²) in [7, 11) is 1.62. The molecule has 0 amide bonds. The molecule has 2 N–H and O–H groups in total. The monoisotopic (exact) mass is 375 g/mol. The molecule has 0 aliphatic heterocycles. The average molecular weight is 375 g/mol. The first kappa shape index (κ1) is 18.8. The van der Waals surface area contributed by atoms with E-state index in [1.54, 1.807) is 13.1 Å². The molecular formula is C19H20F3N5. The number of guanidine groups is 1. The van der Waals surface area contributed by atoms with Crippen LogP contribution in [0.3, 0.4) is 0 Å². The highest BCUT2D eigenvalue weighted by Gasteiger charge is 2.30. The first-order valence-corrected chi connectivity index (χ1v) is 8.49. The highest BCUT2D eigenvalue weighted by molar-refractivity contribution is 5.79. The third-order valence-electron chi connectivity index (χ3n) is 4.03. The van der Waals surface area contributed by atoms with Crippen molar-refractivity contribution >= 4 is 11.6 Å². The highest BCUT2D eigenvalue weighted by Crippen LogP contribution is 2.29. The second kappa shape index (κ2) is 8.11. The number of rotatable bonds is 5. The Hall–Kier alpha value is -3.03. The van der Waals surface area contributed by atoms with Crippen LogP contribution in [0.4, 0.5) is 13.2 Å². The van der Waals surface area contributed by atoms with Gasteiger partial charge < -0.3 is 15.0 Å². The van der Waals surface area contributed by atoms with Crippen LogP contribution in [0.15, 0.2) is 59.9 Å². The van der Waals surface area contributed by atoms with Crippen molar-refractivity contribution in [3.05, 3.63) is 71.7 Å². The van der Waals surface area contributed by atoms with Crippen molar-refractivity contribution in [2.24, 2.45) is 4.99 Å². The molecule has 0 radical (unpaired) electrons. The number of hydrogen-bond donors (Lipinski definition) is 2. The van der Waals surface area contributed by atoms with Gasteiger partial charge in [-0.3, -0.25) is 4.99 Å².